The minimum absolute atomic E-state index is 0.226. The normalized spacial score (nSPS) is 37.4. The number of hydrogen-bond acceptors (Lipinski definition) is 4. The molecule has 3 heterocycles. The monoisotopic (exact) mass is 420 g/mol. The number of amides is 2. The topological polar surface area (TPSA) is 70.4 Å². The number of benzene rings is 1. The third-order valence-corrected chi connectivity index (χ3v) is 5.95. The molecule has 2 amide bonds. The average Bonchev–Trinajstić information content (AvgIpc) is 3.04. The third-order valence-electron chi connectivity index (χ3n) is 5.06. The minimum Gasteiger partial charge on any atom is -0.359 e. The highest BCUT2D eigenvalue weighted by Gasteiger charge is 2.70. The molecule has 5 nitrogen and oxygen atoms in total. The van der Waals surface area contributed by atoms with Gasteiger partial charge in [0.2, 0.25) is 11.8 Å². The van der Waals surface area contributed by atoms with Crippen LogP contribution >= 0.6 is 22.6 Å². The largest absolute Gasteiger partial charge is 0.359 e. The summed E-state index contributed by atoms with van der Waals surface area (Å²) >= 11 is 2.04. The highest BCUT2D eigenvalue weighted by Crippen LogP contribution is 2.57. The Morgan fingerprint density at radius 1 is 1.17 bits per heavy atom. The van der Waals surface area contributed by atoms with Crippen LogP contribution in [-0.4, -0.2) is 23.0 Å². The molecule has 0 radical (unpaired) electrons. The van der Waals surface area contributed by atoms with Crippen LogP contribution in [0.4, 0.5) is 5.69 Å². The lowest BCUT2D eigenvalue weighted by Crippen LogP contribution is -2.39. The zero-order valence-electron chi connectivity index (χ0n) is 12.5. The SMILES string of the molecule is C[C@]12C=C[C@](C)(O1)[C@@H]1C(=O)N(c3ccc(C#N)c(I)c3)C(=O)[C@@H]12. The standard InChI is InChI=1S/C17H13IN2O3/c1-16-5-6-17(2,23-16)13-12(16)14(21)20(15(13)22)10-4-3-9(8-19)11(18)7-10/h3-7,12-13H,1-2H3/t12-,13+,16-,17+. The first kappa shape index (κ1) is 14.8. The van der Waals surface area contributed by atoms with E-state index in [1.807, 2.05) is 48.6 Å². The summed E-state index contributed by atoms with van der Waals surface area (Å²) in [6.45, 7) is 3.72. The average molecular weight is 420 g/mol. The molecule has 6 heteroatoms. The van der Waals surface area contributed by atoms with E-state index >= 15 is 0 Å². The number of carbonyl (C=O) groups excluding carboxylic acids is 2. The lowest BCUT2D eigenvalue weighted by molar-refractivity contribution is -0.128. The highest BCUT2D eigenvalue weighted by molar-refractivity contribution is 14.1. The number of rotatable bonds is 1. The third kappa shape index (κ3) is 1.75. The molecule has 4 rings (SSSR count). The number of nitrogens with zero attached hydrogens (tertiary/aromatic N) is 2. The van der Waals surface area contributed by atoms with Crippen LogP contribution < -0.4 is 4.90 Å². The fourth-order valence-corrected chi connectivity index (χ4v) is 4.64. The van der Waals surface area contributed by atoms with E-state index in [1.165, 1.54) is 4.90 Å². The van der Waals surface area contributed by atoms with Crippen LogP contribution in [0, 0.1) is 26.7 Å². The second-order valence-electron chi connectivity index (χ2n) is 6.55. The van der Waals surface area contributed by atoms with Gasteiger partial charge in [0, 0.05) is 3.57 Å². The predicted octanol–water partition coefficient (Wildman–Crippen LogP) is 2.39. The molecular weight excluding hydrogens is 407 g/mol. The Bertz CT molecular complexity index is 807. The van der Waals surface area contributed by atoms with Crippen molar-refractivity contribution in [1.82, 2.24) is 0 Å². The van der Waals surface area contributed by atoms with Crippen LogP contribution in [0.15, 0.2) is 30.4 Å². The van der Waals surface area contributed by atoms with Crippen molar-refractivity contribution in [3.8, 4) is 6.07 Å². The van der Waals surface area contributed by atoms with Gasteiger partial charge in [-0.05, 0) is 54.6 Å². The van der Waals surface area contributed by atoms with Gasteiger partial charge in [-0.25, -0.2) is 4.90 Å². The second kappa shape index (κ2) is 4.42. The summed E-state index contributed by atoms with van der Waals surface area (Å²) in [5.74, 6) is -1.43. The van der Waals surface area contributed by atoms with Crippen molar-refractivity contribution in [2.24, 2.45) is 11.8 Å². The molecule has 2 fully saturated rings. The van der Waals surface area contributed by atoms with E-state index in [4.69, 9.17) is 10.00 Å². The second-order valence-corrected chi connectivity index (χ2v) is 7.71. The number of ether oxygens (including phenoxy) is 1. The number of imide groups is 1. The molecule has 1 aromatic rings. The van der Waals surface area contributed by atoms with Gasteiger partial charge < -0.3 is 4.74 Å². The predicted molar refractivity (Wildman–Crippen MR) is 90.4 cm³/mol. The molecule has 0 saturated carbocycles. The molecule has 3 aliphatic rings. The molecule has 0 aromatic heterocycles. The number of carbonyl (C=O) groups is 2. The smallest absolute Gasteiger partial charge is 0.241 e. The Morgan fingerprint density at radius 3 is 2.22 bits per heavy atom. The summed E-state index contributed by atoms with van der Waals surface area (Å²) in [5.41, 5.74) is -0.400. The molecular formula is C17H13IN2O3. The molecule has 3 aliphatic heterocycles. The quantitative estimate of drug-likeness (QED) is 0.398. The fraction of sp³-hybridized carbons (Fsp3) is 0.353. The molecule has 0 unspecified atom stereocenters. The van der Waals surface area contributed by atoms with Gasteiger partial charge in [-0.3, -0.25) is 9.59 Å². The molecule has 0 N–H and O–H groups in total. The van der Waals surface area contributed by atoms with Crippen molar-refractivity contribution in [2.45, 2.75) is 25.0 Å². The summed E-state index contributed by atoms with van der Waals surface area (Å²) < 4.78 is 6.69. The van der Waals surface area contributed by atoms with E-state index in [0.29, 0.717) is 11.3 Å². The van der Waals surface area contributed by atoms with Crippen molar-refractivity contribution < 1.29 is 14.3 Å². The molecule has 116 valence electrons. The van der Waals surface area contributed by atoms with Crippen LogP contribution in [0.5, 0.6) is 0 Å². The summed E-state index contributed by atoms with van der Waals surface area (Å²) in [4.78, 5) is 27.1. The van der Waals surface area contributed by atoms with Gasteiger partial charge in [0.1, 0.15) is 6.07 Å². The van der Waals surface area contributed by atoms with Gasteiger partial charge in [-0.2, -0.15) is 5.26 Å². The van der Waals surface area contributed by atoms with Crippen LogP contribution in [0.2, 0.25) is 0 Å². The number of fused-ring (bicyclic) bond motifs is 5. The lowest BCUT2D eigenvalue weighted by Gasteiger charge is -2.25. The number of hydrogen-bond donors (Lipinski definition) is 0. The van der Waals surface area contributed by atoms with Gasteiger partial charge in [0.05, 0.1) is 34.3 Å². The summed E-state index contributed by atoms with van der Waals surface area (Å²) in [7, 11) is 0. The summed E-state index contributed by atoms with van der Waals surface area (Å²) in [5, 5.41) is 9.03. The fourth-order valence-electron chi connectivity index (χ4n) is 4.02. The van der Waals surface area contributed by atoms with Gasteiger partial charge in [-0.1, -0.05) is 12.2 Å². The first-order chi connectivity index (χ1) is 10.8. The van der Waals surface area contributed by atoms with E-state index in [9.17, 15) is 9.59 Å². The van der Waals surface area contributed by atoms with Crippen molar-refractivity contribution in [2.75, 3.05) is 4.90 Å². The van der Waals surface area contributed by atoms with Gasteiger partial charge in [-0.15, -0.1) is 0 Å². The highest BCUT2D eigenvalue weighted by atomic mass is 127. The number of halogens is 1. The zero-order chi connectivity index (χ0) is 16.6. The van der Waals surface area contributed by atoms with E-state index in [-0.39, 0.29) is 11.8 Å². The van der Waals surface area contributed by atoms with Crippen LogP contribution in [0.25, 0.3) is 0 Å². The van der Waals surface area contributed by atoms with Crippen molar-refractivity contribution in [1.29, 1.82) is 5.26 Å². The summed E-state index contributed by atoms with van der Waals surface area (Å²) in [6.07, 6.45) is 3.79. The van der Waals surface area contributed by atoms with Crippen LogP contribution in [-0.2, 0) is 14.3 Å². The maximum Gasteiger partial charge on any atom is 0.241 e. The number of nitriles is 1. The molecule has 23 heavy (non-hydrogen) atoms. The van der Waals surface area contributed by atoms with E-state index < -0.39 is 23.0 Å². The molecule has 4 atom stereocenters. The molecule has 0 spiro atoms. The summed E-state index contributed by atoms with van der Waals surface area (Å²) in [6, 6.07) is 7.08. The Labute approximate surface area is 147 Å². The van der Waals surface area contributed by atoms with Gasteiger partial charge in [0.15, 0.2) is 0 Å². The van der Waals surface area contributed by atoms with E-state index in [2.05, 4.69) is 6.07 Å². The lowest BCUT2D eigenvalue weighted by atomic mass is 9.73. The van der Waals surface area contributed by atoms with Gasteiger partial charge in [0.25, 0.3) is 0 Å². The van der Waals surface area contributed by atoms with E-state index in [1.54, 1.807) is 18.2 Å². The van der Waals surface area contributed by atoms with Crippen molar-refractivity contribution in [3.05, 3.63) is 39.5 Å². The Hall–Kier alpha value is -1.72. The molecule has 2 bridgehead atoms. The minimum atomic E-state index is -0.722. The Balaban J connectivity index is 1.80. The molecule has 2 saturated heterocycles. The van der Waals surface area contributed by atoms with E-state index in [0.717, 1.165) is 3.57 Å². The zero-order valence-corrected chi connectivity index (χ0v) is 14.7. The molecule has 1 aromatic carbocycles. The van der Waals surface area contributed by atoms with Crippen molar-refractivity contribution >= 4 is 40.1 Å². The first-order valence-electron chi connectivity index (χ1n) is 7.29. The maximum atomic E-state index is 12.9. The van der Waals surface area contributed by atoms with Gasteiger partial charge >= 0.3 is 0 Å². The van der Waals surface area contributed by atoms with Crippen LogP contribution in [0.3, 0.4) is 0 Å². The first-order valence-corrected chi connectivity index (χ1v) is 8.37. The maximum absolute atomic E-state index is 12.9. The number of anilines is 1. The van der Waals surface area contributed by atoms with Crippen molar-refractivity contribution in [3.63, 3.8) is 0 Å². The van der Waals surface area contributed by atoms with Crippen LogP contribution in [0.1, 0.15) is 19.4 Å². The Morgan fingerprint density at radius 2 is 1.74 bits per heavy atom. The molecule has 0 aliphatic carbocycles. The Kier molecular flexibility index (Phi) is 2.86.